The first-order chi connectivity index (χ1) is 10.6. The van der Waals surface area contributed by atoms with Crippen molar-refractivity contribution in [3.05, 3.63) is 48.0 Å². The molecule has 122 valence electrons. The zero-order valence-electron chi connectivity index (χ0n) is 13.5. The van der Waals surface area contributed by atoms with Crippen LogP contribution in [0.15, 0.2) is 42.5 Å². The predicted octanol–water partition coefficient (Wildman–Crippen LogP) is 3.68. The van der Waals surface area contributed by atoms with Crippen molar-refractivity contribution in [1.82, 2.24) is 0 Å². The van der Waals surface area contributed by atoms with Crippen molar-refractivity contribution >= 4 is 5.97 Å². The lowest BCUT2D eigenvalue weighted by Crippen LogP contribution is -2.17. The summed E-state index contributed by atoms with van der Waals surface area (Å²) in [6, 6.07) is 9.61. The van der Waals surface area contributed by atoms with E-state index in [4.69, 9.17) is 14.2 Å². The van der Waals surface area contributed by atoms with E-state index in [0.29, 0.717) is 18.8 Å². The summed E-state index contributed by atoms with van der Waals surface area (Å²) in [5.74, 6) is -0.395. The summed E-state index contributed by atoms with van der Waals surface area (Å²) in [6.45, 7) is 9.70. The second-order valence-corrected chi connectivity index (χ2v) is 5.06. The van der Waals surface area contributed by atoms with Gasteiger partial charge in [0.2, 0.25) is 0 Å². The van der Waals surface area contributed by atoms with Crippen molar-refractivity contribution in [2.75, 3.05) is 26.4 Å². The number of unbranched alkanes of at least 4 members (excludes halogenated alkanes) is 1. The minimum atomic E-state index is -0.405. The third-order valence-corrected chi connectivity index (χ3v) is 3.07. The molecule has 1 unspecified atom stereocenters. The van der Waals surface area contributed by atoms with E-state index in [9.17, 15) is 4.79 Å². The van der Waals surface area contributed by atoms with E-state index in [2.05, 4.69) is 6.58 Å². The van der Waals surface area contributed by atoms with Crippen molar-refractivity contribution in [1.29, 1.82) is 0 Å². The summed E-state index contributed by atoms with van der Waals surface area (Å²) in [6.07, 6.45) is 1.49. The van der Waals surface area contributed by atoms with Crippen LogP contribution >= 0.6 is 0 Å². The van der Waals surface area contributed by atoms with E-state index in [-0.39, 0.29) is 0 Å². The van der Waals surface area contributed by atoms with Gasteiger partial charge in [0.25, 0.3) is 0 Å². The molecule has 0 saturated heterocycles. The smallest absolute Gasteiger partial charge is 0.333 e. The molecule has 1 atom stereocenters. The third kappa shape index (κ3) is 7.38. The van der Waals surface area contributed by atoms with Gasteiger partial charge in [-0.3, -0.25) is 0 Å². The monoisotopic (exact) mass is 306 g/mol. The van der Waals surface area contributed by atoms with Gasteiger partial charge in [0.05, 0.1) is 6.61 Å². The normalized spacial score (nSPS) is 11.9. The first-order valence-electron chi connectivity index (χ1n) is 7.72. The lowest BCUT2D eigenvalue weighted by atomic mass is 10.1. The lowest BCUT2D eigenvalue weighted by Gasteiger charge is -2.18. The number of ether oxygens (including phenoxy) is 3. The summed E-state index contributed by atoms with van der Waals surface area (Å²) in [5.41, 5.74) is 1.31. The van der Waals surface area contributed by atoms with Crippen LogP contribution in [0, 0.1) is 0 Å². The molecule has 0 saturated carbocycles. The minimum Gasteiger partial charge on any atom is -0.452 e. The molecule has 0 fully saturated rings. The summed E-state index contributed by atoms with van der Waals surface area (Å²) in [5, 5.41) is 0. The van der Waals surface area contributed by atoms with E-state index in [1.165, 1.54) is 0 Å². The van der Waals surface area contributed by atoms with Crippen LogP contribution < -0.4 is 0 Å². The van der Waals surface area contributed by atoms with Crippen LogP contribution in [0.4, 0.5) is 0 Å². The maximum atomic E-state index is 11.7. The van der Waals surface area contributed by atoms with Gasteiger partial charge in [-0.05, 0) is 32.3 Å². The third-order valence-electron chi connectivity index (χ3n) is 3.07. The largest absolute Gasteiger partial charge is 0.452 e. The molecule has 1 rings (SSSR count). The number of hydrogen-bond acceptors (Lipinski definition) is 4. The van der Waals surface area contributed by atoms with Crippen LogP contribution in [0.25, 0.3) is 0 Å². The zero-order valence-corrected chi connectivity index (χ0v) is 13.5. The zero-order chi connectivity index (χ0) is 16.2. The van der Waals surface area contributed by atoms with Crippen LogP contribution in [0.5, 0.6) is 0 Å². The molecule has 4 heteroatoms. The highest BCUT2D eigenvalue weighted by Gasteiger charge is 2.17. The maximum Gasteiger partial charge on any atom is 0.333 e. The molecule has 0 aliphatic heterocycles. The SMILES string of the molecule is C=C(C)C(=O)OC(COCCCCOCC)c1ccccc1. The van der Waals surface area contributed by atoms with Gasteiger partial charge >= 0.3 is 5.97 Å². The highest BCUT2D eigenvalue weighted by atomic mass is 16.6. The molecule has 0 N–H and O–H groups in total. The molecule has 0 spiro atoms. The number of rotatable bonds is 11. The van der Waals surface area contributed by atoms with Crippen molar-refractivity contribution in [3.63, 3.8) is 0 Å². The highest BCUT2D eigenvalue weighted by molar-refractivity contribution is 5.87. The highest BCUT2D eigenvalue weighted by Crippen LogP contribution is 2.19. The topological polar surface area (TPSA) is 44.8 Å². The molecule has 0 heterocycles. The lowest BCUT2D eigenvalue weighted by molar-refractivity contribution is -0.147. The number of carbonyl (C=O) groups excluding carboxylic acids is 1. The predicted molar refractivity (Wildman–Crippen MR) is 86.6 cm³/mol. The summed E-state index contributed by atoms with van der Waals surface area (Å²) < 4.78 is 16.4. The van der Waals surface area contributed by atoms with Gasteiger partial charge in [-0.15, -0.1) is 0 Å². The molecule has 4 nitrogen and oxygen atoms in total. The van der Waals surface area contributed by atoms with Crippen molar-refractivity contribution in [2.45, 2.75) is 32.8 Å². The number of esters is 1. The number of benzene rings is 1. The second kappa shape index (κ2) is 11.0. The standard InChI is InChI=1S/C18H26O4/c1-4-20-12-8-9-13-21-14-17(22-18(19)15(2)3)16-10-6-5-7-11-16/h5-7,10-11,17H,2,4,8-9,12-14H2,1,3H3. The molecule has 0 aliphatic rings. The maximum absolute atomic E-state index is 11.7. The minimum absolute atomic E-state index is 0.345. The van der Waals surface area contributed by atoms with Gasteiger partial charge in [-0.25, -0.2) is 4.79 Å². The van der Waals surface area contributed by atoms with Gasteiger partial charge in [0.1, 0.15) is 0 Å². The number of carbonyl (C=O) groups is 1. The Kier molecular flexibility index (Phi) is 9.19. The van der Waals surface area contributed by atoms with Crippen LogP contribution in [-0.2, 0) is 19.0 Å². The van der Waals surface area contributed by atoms with E-state index in [1.54, 1.807) is 6.92 Å². The molecule has 0 radical (unpaired) electrons. The Bertz CT molecular complexity index is 442. The molecule has 1 aromatic rings. The molecule has 0 bridgehead atoms. The summed E-state index contributed by atoms with van der Waals surface area (Å²) in [7, 11) is 0. The molecule has 0 aliphatic carbocycles. The second-order valence-electron chi connectivity index (χ2n) is 5.06. The van der Waals surface area contributed by atoms with Crippen LogP contribution in [0.1, 0.15) is 38.4 Å². The van der Waals surface area contributed by atoms with Gasteiger partial charge in [-0.2, -0.15) is 0 Å². The van der Waals surface area contributed by atoms with Gasteiger partial charge in [0, 0.05) is 25.4 Å². The van der Waals surface area contributed by atoms with Crippen molar-refractivity contribution < 1.29 is 19.0 Å². The van der Waals surface area contributed by atoms with Gasteiger partial charge in [-0.1, -0.05) is 36.9 Å². The van der Waals surface area contributed by atoms with Gasteiger partial charge in [0.15, 0.2) is 6.10 Å². The molecular formula is C18H26O4. The fourth-order valence-electron chi connectivity index (χ4n) is 1.84. The Morgan fingerprint density at radius 1 is 1.14 bits per heavy atom. The summed E-state index contributed by atoms with van der Waals surface area (Å²) >= 11 is 0. The average Bonchev–Trinajstić information content (AvgIpc) is 2.53. The molecule has 1 aromatic carbocycles. The fraction of sp³-hybridized carbons (Fsp3) is 0.500. The van der Waals surface area contributed by atoms with E-state index < -0.39 is 12.1 Å². The Labute approximate surface area is 133 Å². The van der Waals surface area contributed by atoms with Crippen LogP contribution in [0.3, 0.4) is 0 Å². The molecule has 0 aromatic heterocycles. The summed E-state index contributed by atoms with van der Waals surface area (Å²) in [4.78, 5) is 11.7. The first kappa shape index (κ1) is 18.4. The Hall–Kier alpha value is -1.65. The average molecular weight is 306 g/mol. The van der Waals surface area contributed by atoms with Crippen LogP contribution in [0.2, 0.25) is 0 Å². The molecule has 22 heavy (non-hydrogen) atoms. The molecular weight excluding hydrogens is 280 g/mol. The van der Waals surface area contributed by atoms with E-state index >= 15 is 0 Å². The Balaban J connectivity index is 2.42. The van der Waals surface area contributed by atoms with E-state index in [0.717, 1.165) is 31.6 Å². The van der Waals surface area contributed by atoms with E-state index in [1.807, 2.05) is 37.3 Å². The fourth-order valence-corrected chi connectivity index (χ4v) is 1.84. The van der Waals surface area contributed by atoms with Gasteiger partial charge < -0.3 is 14.2 Å². The Morgan fingerprint density at radius 3 is 2.36 bits per heavy atom. The molecule has 0 amide bonds. The first-order valence-corrected chi connectivity index (χ1v) is 7.72. The Morgan fingerprint density at radius 2 is 1.77 bits per heavy atom. The number of hydrogen-bond donors (Lipinski definition) is 0. The van der Waals surface area contributed by atoms with Crippen molar-refractivity contribution in [3.8, 4) is 0 Å². The van der Waals surface area contributed by atoms with Crippen molar-refractivity contribution in [2.24, 2.45) is 0 Å². The quantitative estimate of drug-likeness (QED) is 0.355. The van der Waals surface area contributed by atoms with Crippen LogP contribution in [-0.4, -0.2) is 32.4 Å².